The maximum Gasteiger partial charge on any atom is 0.163 e. The van der Waals surface area contributed by atoms with Crippen molar-refractivity contribution in [2.45, 2.75) is 25.8 Å². The largest absolute Gasteiger partial charge is 0.396 e. The summed E-state index contributed by atoms with van der Waals surface area (Å²) in [6, 6.07) is 0.244. The molecule has 0 radical (unpaired) electrons. The number of rotatable bonds is 3. The SMILES string of the molecule is Cc1ncnc2c1ncn2C1CC(CO)C(CO)C1. The maximum atomic E-state index is 9.38. The quantitative estimate of drug-likeness (QED) is 0.850. The van der Waals surface area contributed by atoms with E-state index in [9.17, 15) is 10.2 Å². The second-order valence-corrected chi connectivity index (χ2v) is 5.29. The molecule has 102 valence electrons. The molecule has 2 heterocycles. The lowest BCUT2D eigenvalue weighted by atomic mass is 9.98. The third-order valence-electron chi connectivity index (χ3n) is 4.22. The van der Waals surface area contributed by atoms with Gasteiger partial charge < -0.3 is 14.8 Å². The van der Waals surface area contributed by atoms with Crippen molar-refractivity contribution in [1.82, 2.24) is 19.5 Å². The highest BCUT2D eigenvalue weighted by Gasteiger charge is 2.35. The summed E-state index contributed by atoms with van der Waals surface area (Å²) >= 11 is 0. The molecule has 1 aliphatic carbocycles. The Morgan fingerprint density at radius 2 is 1.84 bits per heavy atom. The molecule has 2 atom stereocenters. The summed E-state index contributed by atoms with van der Waals surface area (Å²) in [7, 11) is 0. The summed E-state index contributed by atoms with van der Waals surface area (Å²) in [5, 5.41) is 18.8. The minimum Gasteiger partial charge on any atom is -0.396 e. The van der Waals surface area contributed by atoms with Crippen molar-refractivity contribution in [3.63, 3.8) is 0 Å². The van der Waals surface area contributed by atoms with Crippen LogP contribution in [-0.2, 0) is 0 Å². The molecule has 1 saturated carbocycles. The van der Waals surface area contributed by atoms with Gasteiger partial charge in [0.1, 0.15) is 11.8 Å². The highest BCUT2D eigenvalue weighted by molar-refractivity contribution is 5.72. The second-order valence-electron chi connectivity index (χ2n) is 5.29. The van der Waals surface area contributed by atoms with Crippen molar-refractivity contribution in [1.29, 1.82) is 0 Å². The van der Waals surface area contributed by atoms with Gasteiger partial charge in [-0.3, -0.25) is 0 Å². The smallest absolute Gasteiger partial charge is 0.163 e. The molecule has 0 aromatic carbocycles. The summed E-state index contributed by atoms with van der Waals surface area (Å²) < 4.78 is 2.06. The van der Waals surface area contributed by atoms with Crippen LogP contribution >= 0.6 is 0 Å². The lowest BCUT2D eigenvalue weighted by molar-refractivity contribution is 0.141. The molecule has 0 bridgehead atoms. The normalized spacial score (nSPS) is 27.2. The Hall–Kier alpha value is -1.53. The van der Waals surface area contributed by atoms with E-state index in [1.165, 1.54) is 0 Å². The fraction of sp³-hybridized carbons (Fsp3) is 0.615. The van der Waals surface area contributed by atoms with Gasteiger partial charge in [-0.25, -0.2) is 15.0 Å². The highest BCUT2D eigenvalue weighted by Crippen LogP contribution is 2.40. The van der Waals surface area contributed by atoms with E-state index in [2.05, 4.69) is 19.5 Å². The van der Waals surface area contributed by atoms with Crippen LogP contribution in [0, 0.1) is 18.8 Å². The fourth-order valence-corrected chi connectivity index (χ4v) is 3.09. The number of aryl methyl sites for hydroxylation is 1. The Labute approximate surface area is 111 Å². The first-order chi connectivity index (χ1) is 9.24. The summed E-state index contributed by atoms with van der Waals surface area (Å²) in [6.45, 7) is 2.17. The number of aromatic nitrogens is 4. The van der Waals surface area contributed by atoms with E-state index in [0.29, 0.717) is 0 Å². The zero-order chi connectivity index (χ0) is 13.4. The predicted octanol–water partition coefficient (Wildman–Crippen LogP) is 0.687. The van der Waals surface area contributed by atoms with Gasteiger partial charge in [0.25, 0.3) is 0 Å². The third kappa shape index (κ3) is 2.01. The molecule has 0 amide bonds. The van der Waals surface area contributed by atoms with Crippen LogP contribution < -0.4 is 0 Å². The van der Waals surface area contributed by atoms with E-state index in [0.717, 1.165) is 29.7 Å². The molecule has 0 saturated heterocycles. The first-order valence-corrected chi connectivity index (χ1v) is 6.60. The van der Waals surface area contributed by atoms with E-state index in [1.54, 1.807) is 12.7 Å². The Kier molecular flexibility index (Phi) is 3.20. The number of hydrogen-bond acceptors (Lipinski definition) is 5. The zero-order valence-corrected chi connectivity index (χ0v) is 10.9. The zero-order valence-electron chi connectivity index (χ0n) is 10.9. The van der Waals surface area contributed by atoms with Crippen LogP contribution in [0.5, 0.6) is 0 Å². The molecule has 3 rings (SSSR count). The van der Waals surface area contributed by atoms with Gasteiger partial charge >= 0.3 is 0 Å². The predicted molar refractivity (Wildman–Crippen MR) is 69.5 cm³/mol. The van der Waals surface area contributed by atoms with Crippen LogP contribution in [0.15, 0.2) is 12.7 Å². The molecule has 1 fully saturated rings. The third-order valence-corrected chi connectivity index (χ3v) is 4.22. The molecule has 19 heavy (non-hydrogen) atoms. The van der Waals surface area contributed by atoms with Crippen LogP contribution in [0.4, 0.5) is 0 Å². The first-order valence-electron chi connectivity index (χ1n) is 6.60. The topological polar surface area (TPSA) is 84.1 Å². The molecule has 0 spiro atoms. The van der Waals surface area contributed by atoms with E-state index >= 15 is 0 Å². The number of aliphatic hydroxyl groups excluding tert-OH is 2. The highest BCUT2D eigenvalue weighted by atomic mass is 16.3. The van der Waals surface area contributed by atoms with Crippen molar-refractivity contribution in [2.24, 2.45) is 11.8 Å². The number of hydrogen-bond donors (Lipinski definition) is 2. The van der Waals surface area contributed by atoms with Gasteiger partial charge in [0, 0.05) is 19.3 Å². The summed E-state index contributed by atoms with van der Waals surface area (Å²) in [5.74, 6) is 0.325. The van der Waals surface area contributed by atoms with Crippen molar-refractivity contribution >= 4 is 11.2 Å². The Morgan fingerprint density at radius 3 is 2.47 bits per heavy atom. The van der Waals surface area contributed by atoms with Gasteiger partial charge in [0.2, 0.25) is 0 Å². The van der Waals surface area contributed by atoms with Crippen molar-refractivity contribution < 1.29 is 10.2 Å². The molecule has 0 aliphatic heterocycles. The molecule has 2 aromatic heterocycles. The van der Waals surface area contributed by atoms with Gasteiger partial charge in [-0.2, -0.15) is 0 Å². The minimum atomic E-state index is 0.127. The van der Waals surface area contributed by atoms with E-state index < -0.39 is 0 Å². The summed E-state index contributed by atoms with van der Waals surface area (Å²) in [4.78, 5) is 12.8. The Balaban J connectivity index is 1.95. The molecule has 2 N–H and O–H groups in total. The minimum absolute atomic E-state index is 0.127. The fourth-order valence-electron chi connectivity index (χ4n) is 3.09. The van der Waals surface area contributed by atoms with Gasteiger partial charge in [0.05, 0.1) is 12.0 Å². The van der Waals surface area contributed by atoms with Gasteiger partial charge in [0.15, 0.2) is 5.65 Å². The van der Waals surface area contributed by atoms with E-state index in [-0.39, 0.29) is 31.1 Å². The first kappa shape index (κ1) is 12.5. The number of imidazole rings is 1. The molecule has 2 unspecified atom stereocenters. The van der Waals surface area contributed by atoms with Crippen LogP contribution in [0.25, 0.3) is 11.2 Å². The summed E-state index contributed by atoms with van der Waals surface area (Å²) in [6.07, 6.45) is 5.07. The van der Waals surface area contributed by atoms with Gasteiger partial charge in [-0.15, -0.1) is 0 Å². The monoisotopic (exact) mass is 262 g/mol. The van der Waals surface area contributed by atoms with Crippen LogP contribution in [0.2, 0.25) is 0 Å². The standard InChI is InChI=1S/C13H18N4O2/c1-8-12-13(15-6-14-8)17(7-16-12)11-2-9(4-18)10(3-11)5-19/h6-7,9-11,18-19H,2-5H2,1H3. The molecule has 2 aromatic rings. The molecular formula is C13H18N4O2. The van der Waals surface area contributed by atoms with Crippen molar-refractivity contribution in [3.05, 3.63) is 18.3 Å². The molecule has 6 nitrogen and oxygen atoms in total. The van der Waals surface area contributed by atoms with Gasteiger partial charge in [-0.05, 0) is 31.6 Å². The van der Waals surface area contributed by atoms with Crippen LogP contribution in [0.3, 0.4) is 0 Å². The molecule has 6 heteroatoms. The lowest BCUT2D eigenvalue weighted by Gasteiger charge is -2.12. The van der Waals surface area contributed by atoms with E-state index in [4.69, 9.17) is 0 Å². The number of fused-ring (bicyclic) bond motifs is 1. The van der Waals surface area contributed by atoms with Gasteiger partial charge in [-0.1, -0.05) is 0 Å². The Morgan fingerprint density at radius 1 is 1.16 bits per heavy atom. The average molecular weight is 262 g/mol. The molecular weight excluding hydrogens is 244 g/mol. The van der Waals surface area contributed by atoms with Crippen LogP contribution in [-0.4, -0.2) is 42.9 Å². The van der Waals surface area contributed by atoms with Crippen molar-refractivity contribution in [3.8, 4) is 0 Å². The number of aliphatic hydroxyl groups is 2. The average Bonchev–Trinajstić information content (AvgIpc) is 3.02. The summed E-state index contributed by atoms with van der Waals surface area (Å²) in [5.41, 5.74) is 2.54. The van der Waals surface area contributed by atoms with Crippen LogP contribution in [0.1, 0.15) is 24.6 Å². The van der Waals surface area contributed by atoms with Crippen molar-refractivity contribution in [2.75, 3.05) is 13.2 Å². The van der Waals surface area contributed by atoms with E-state index in [1.807, 2.05) is 6.92 Å². The maximum absolute atomic E-state index is 9.38. The molecule has 1 aliphatic rings. The Bertz CT molecular complexity index is 571. The second kappa shape index (κ2) is 4.86. The lowest BCUT2D eigenvalue weighted by Crippen LogP contribution is -2.15. The number of nitrogens with zero attached hydrogens (tertiary/aromatic N) is 4.